The van der Waals surface area contributed by atoms with Crippen LogP contribution in [0.25, 0.3) is 0 Å². The van der Waals surface area contributed by atoms with Crippen LogP contribution in [0.3, 0.4) is 0 Å². The molecule has 0 spiro atoms. The maximum Gasteiger partial charge on any atom is 0.191 e. The van der Waals surface area contributed by atoms with Crippen molar-refractivity contribution in [2.75, 3.05) is 25.1 Å². The highest BCUT2D eigenvalue weighted by Gasteiger charge is 2.28. The summed E-state index contributed by atoms with van der Waals surface area (Å²) in [6, 6.07) is 10.2. The Morgan fingerprint density at radius 1 is 1.35 bits per heavy atom. The Labute approximate surface area is 154 Å². The first-order valence-corrected chi connectivity index (χ1v) is 10.6. The van der Waals surface area contributed by atoms with Crippen LogP contribution in [0.2, 0.25) is 0 Å². The van der Waals surface area contributed by atoms with Gasteiger partial charge in [0, 0.05) is 45.0 Å². The van der Waals surface area contributed by atoms with Gasteiger partial charge in [0.05, 0.1) is 11.5 Å². The van der Waals surface area contributed by atoms with E-state index in [9.17, 15) is 8.42 Å². The Kier molecular flexibility index (Phi) is 5.92. The molecular weight excluding hydrogens is 350 g/mol. The molecule has 1 unspecified atom stereocenters. The lowest BCUT2D eigenvalue weighted by Gasteiger charge is -2.16. The van der Waals surface area contributed by atoms with Gasteiger partial charge in [0.1, 0.15) is 5.82 Å². The van der Waals surface area contributed by atoms with E-state index in [2.05, 4.69) is 37.3 Å². The van der Waals surface area contributed by atoms with Crippen molar-refractivity contribution in [1.29, 1.82) is 0 Å². The molecule has 1 fully saturated rings. The Morgan fingerprint density at radius 2 is 2.15 bits per heavy atom. The van der Waals surface area contributed by atoms with Crippen molar-refractivity contribution in [2.45, 2.75) is 25.4 Å². The predicted octanol–water partition coefficient (Wildman–Crippen LogP) is 0.826. The van der Waals surface area contributed by atoms with E-state index >= 15 is 0 Å². The number of aromatic nitrogens is 2. The number of nitrogens with one attached hydrogen (secondary N) is 2. The smallest absolute Gasteiger partial charge is 0.191 e. The van der Waals surface area contributed by atoms with Crippen LogP contribution in [0.15, 0.2) is 47.7 Å². The molecule has 1 saturated heterocycles. The molecule has 0 bridgehead atoms. The molecule has 0 saturated carbocycles. The van der Waals surface area contributed by atoms with Gasteiger partial charge < -0.3 is 15.2 Å². The first-order valence-electron chi connectivity index (χ1n) is 8.77. The quantitative estimate of drug-likeness (QED) is 0.577. The van der Waals surface area contributed by atoms with Crippen molar-refractivity contribution in [3.63, 3.8) is 0 Å². The van der Waals surface area contributed by atoms with Gasteiger partial charge in [-0.3, -0.25) is 4.99 Å². The van der Waals surface area contributed by atoms with Crippen LogP contribution in [0, 0.1) is 0 Å². The molecule has 2 heterocycles. The fraction of sp³-hybridized carbons (Fsp3) is 0.444. The minimum Gasteiger partial charge on any atom is -0.356 e. The normalized spacial score (nSPS) is 19.4. The molecule has 26 heavy (non-hydrogen) atoms. The van der Waals surface area contributed by atoms with Gasteiger partial charge >= 0.3 is 0 Å². The fourth-order valence-electron chi connectivity index (χ4n) is 3.08. The summed E-state index contributed by atoms with van der Waals surface area (Å²) in [4.78, 5) is 8.62. The third-order valence-electron chi connectivity index (χ3n) is 4.44. The zero-order chi connectivity index (χ0) is 18.4. The van der Waals surface area contributed by atoms with Crippen molar-refractivity contribution in [2.24, 2.45) is 4.99 Å². The molecule has 1 aromatic heterocycles. The molecule has 8 heteroatoms. The number of guanidine groups is 1. The van der Waals surface area contributed by atoms with Crippen molar-refractivity contribution in [1.82, 2.24) is 20.2 Å². The summed E-state index contributed by atoms with van der Waals surface area (Å²) in [5, 5.41) is 6.43. The van der Waals surface area contributed by atoms with Gasteiger partial charge in [-0.1, -0.05) is 30.3 Å². The zero-order valence-electron chi connectivity index (χ0n) is 14.9. The third-order valence-corrected chi connectivity index (χ3v) is 6.20. The van der Waals surface area contributed by atoms with E-state index in [0.29, 0.717) is 18.9 Å². The molecule has 2 N–H and O–H groups in total. The highest BCUT2D eigenvalue weighted by atomic mass is 32.2. The number of hydrogen-bond donors (Lipinski definition) is 2. The largest absolute Gasteiger partial charge is 0.356 e. The van der Waals surface area contributed by atoms with Gasteiger partial charge in [-0.15, -0.1) is 0 Å². The Balaban J connectivity index is 1.49. The summed E-state index contributed by atoms with van der Waals surface area (Å²) in [5.41, 5.74) is 1.24. The fourth-order valence-corrected chi connectivity index (χ4v) is 4.76. The highest BCUT2D eigenvalue weighted by molar-refractivity contribution is 7.91. The second kappa shape index (κ2) is 8.35. The number of imidazole rings is 1. The molecule has 0 aliphatic carbocycles. The summed E-state index contributed by atoms with van der Waals surface area (Å²) in [5.74, 6) is 2.06. The topological polar surface area (TPSA) is 88.4 Å². The average Bonchev–Trinajstić information content (AvgIpc) is 3.20. The maximum absolute atomic E-state index is 11.6. The van der Waals surface area contributed by atoms with E-state index in [-0.39, 0.29) is 17.5 Å². The first kappa shape index (κ1) is 18.4. The molecule has 1 atom stereocenters. The summed E-state index contributed by atoms with van der Waals surface area (Å²) in [7, 11) is -1.21. The second-order valence-corrected chi connectivity index (χ2v) is 8.68. The molecule has 140 valence electrons. The Morgan fingerprint density at radius 3 is 2.85 bits per heavy atom. The highest BCUT2D eigenvalue weighted by Crippen LogP contribution is 2.11. The first-order chi connectivity index (χ1) is 12.6. The molecule has 2 aromatic rings. The minimum absolute atomic E-state index is 0.0636. The number of rotatable bonds is 6. The van der Waals surface area contributed by atoms with Gasteiger partial charge in [0.2, 0.25) is 0 Å². The van der Waals surface area contributed by atoms with E-state index < -0.39 is 9.84 Å². The van der Waals surface area contributed by atoms with E-state index in [0.717, 1.165) is 18.8 Å². The lowest BCUT2D eigenvalue weighted by Crippen LogP contribution is -2.44. The van der Waals surface area contributed by atoms with Gasteiger partial charge in [-0.2, -0.15) is 0 Å². The number of benzene rings is 1. The molecule has 0 radical (unpaired) electrons. The van der Waals surface area contributed by atoms with Crippen molar-refractivity contribution in [3.05, 3.63) is 54.1 Å². The second-order valence-electron chi connectivity index (χ2n) is 6.45. The van der Waals surface area contributed by atoms with E-state index in [1.54, 1.807) is 7.05 Å². The van der Waals surface area contributed by atoms with E-state index in [1.807, 2.05) is 30.6 Å². The number of aliphatic imine (C=N–C) groups is 1. The number of nitrogens with zero attached hydrogens (tertiary/aromatic N) is 3. The van der Waals surface area contributed by atoms with Crippen LogP contribution in [0.1, 0.15) is 17.8 Å². The lowest BCUT2D eigenvalue weighted by molar-refractivity contribution is 0.599. The summed E-state index contributed by atoms with van der Waals surface area (Å²) in [6.45, 7) is 1.47. The molecule has 3 rings (SSSR count). The van der Waals surface area contributed by atoms with Crippen LogP contribution in [-0.4, -0.2) is 55.1 Å². The van der Waals surface area contributed by atoms with Gasteiger partial charge in [-0.25, -0.2) is 13.4 Å². The van der Waals surface area contributed by atoms with E-state index in [1.165, 1.54) is 5.56 Å². The third kappa shape index (κ3) is 5.08. The van der Waals surface area contributed by atoms with Crippen LogP contribution >= 0.6 is 0 Å². The molecule has 7 nitrogen and oxygen atoms in total. The molecule has 1 aliphatic heterocycles. The SMILES string of the molecule is CN=C(NCCc1nccn1Cc1ccccc1)NC1CCS(=O)(=O)C1. The average molecular weight is 375 g/mol. The van der Waals surface area contributed by atoms with Crippen molar-refractivity contribution < 1.29 is 8.42 Å². The summed E-state index contributed by atoms with van der Waals surface area (Å²) < 4.78 is 25.2. The van der Waals surface area contributed by atoms with Crippen LogP contribution in [-0.2, 0) is 22.8 Å². The minimum atomic E-state index is -2.90. The Hall–Kier alpha value is -2.35. The number of hydrogen-bond acceptors (Lipinski definition) is 4. The zero-order valence-corrected chi connectivity index (χ0v) is 15.7. The van der Waals surface area contributed by atoms with Crippen molar-refractivity contribution in [3.8, 4) is 0 Å². The monoisotopic (exact) mass is 375 g/mol. The van der Waals surface area contributed by atoms with E-state index in [4.69, 9.17) is 0 Å². The standard InChI is InChI=1S/C18H25N5O2S/c1-19-18(22-16-8-12-26(24,25)14-16)21-9-7-17-20-10-11-23(17)13-15-5-3-2-4-6-15/h2-6,10-11,16H,7-9,12-14H2,1H3,(H2,19,21,22). The number of sulfone groups is 1. The summed E-state index contributed by atoms with van der Waals surface area (Å²) >= 11 is 0. The molecular formula is C18H25N5O2S. The van der Waals surface area contributed by atoms with Crippen LogP contribution in [0.4, 0.5) is 0 Å². The van der Waals surface area contributed by atoms with Gasteiger partial charge in [-0.05, 0) is 12.0 Å². The van der Waals surface area contributed by atoms with Gasteiger partial charge in [0.25, 0.3) is 0 Å². The molecule has 0 amide bonds. The predicted molar refractivity (Wildman–Crippen MR) is 103 cm³/mol. The Bertz CT molecular complexity index is 845. The van der Waals surface area contributed by atoms with Crippen molar-refractivity contribution >= 4 is 15.8 Å². The summed E-state index contributed by atoms with van der Waals surface area (Å²) in [6.07, 6.45) is 5.18. The lowest BCUT2D eigenvalue weighted by atomic mass is 10.2. The van der Waals surface area contributed by atoms with Gasteiger partial charge in [0.15, 0.2) is 15.8 Å². The molecule has 1 aromatic carbocycles. The van der Waals surface area contributed by atoms with Crippen LogP contribution < -0.4 is 10.6 Å². The maximum atomic E-state index is 11.6. The van der Waals surface area contributed by atoms with Crippen LogP contribution in [0.5, 0.6) is 0 Å². The molecule has 1 aliphatic rings.